The van der Waals surface area contributed by atoms with Gasteiger partial charge in [-0.05, 0) is 36.1 Å². The van der Waals surface area contributed by atoms with Gasteiger partial charge in [-0.25, -0.2) is 8.42 Å². The van der Waals surface area contributed by atoms with E-state index >= 15 is 0 Å². The van der Waals surface area contributed by atoms with Crippen LogP contribution < -0.4 is 4.74 Å². The molecule has 0 saturated carbocycles. The van der Waals surface area contributed by atoms with Gasteiger partial charge in [0.15, 0.2) is 22.2 Å². The fourth-order valence-corrected chi connectivity index (χ4v) is 5.76. The van der Waals surface area contributed by atoms with Gasteiger partial charge < -0.3 is 14.1 Å². The Balaban J connectivity index is 1.46. The fraction of sp³-hybridized carbons (Fsp3) is 0.300. The minimum Gasteiger partial charge on any atom is -0.484 e. The van der Waals surface area contributed by atoms with Gasteiger partial charge in [0.1, 0.15) is 17.6 Å². The van der Waals surface area contributed by atoms with E-state index in [2.05, 4.69) is 0 Å². The van der Waals surface area contributed by atoms with Crippen molar-refractivity contribution in [2.75, 3.05) is 25.2 Å². The van der Waals surface area contributed by atoms with Gasteiger partial charge in [0, 0.05) is 29.4 Å². The number of likely N-dealkylation sites (N-methyl/N-ethyl adjacent to an activating group) is 1. The van der Waals surface area contributed by atoms with E-state index in [0.717, 1.165) is 0 Å². The van der Waals surface area contributed by atoms with Crippen LogP contribution in [0.25, 0.3) is 11.0 Å². The highest BCUT2D eigenvalue weighted by Gasteiger charge is 2.32. The number of ketones is 1. The van der Waals surface area contributed by atoms with Crippen LogP contribution in [0.5, 0.6) is 5.75 Å². The van der Waals surface area contributed by atoms with Crippen molar-refractivity contribution in [1.29, 1.82) is 0 Å². The molecular formula is C20H19NO6S2. The number of furan rings is 1. The molecule has 29 heavy (non-hydrogen) atoms. The van der Waals surface area contributed by atoms with Crippen LogP contribution in [0.3, 0.4) is 0 Å². The van der Waals surface area contributed by atoms with Crippen LogP contribution in [-0.2, 0) is 14.6 Å². The molecule has 152 valence electrons. The van der Waals surface area contributed by atoms with Gasteiger partial charge in [0.2, 0.25) is 0 Å². The number of carbonyl (C=O) groups excluding carboxylic acids is 2. The molecule has 4 rings (SSSR count). The smallest absolute Gasteiger partial charge is 0.260 e. The maximum absolute atomic E-state index is 12.6. The van der Waals surface area contributed by atoms with Crippen LogP contribution in [0.15, 0.2) is 45.7 Å². The highest BCUT2D eigenvalue weighted by molar-refractivity contribution is 7.91. The third-order valence-corrected chi connectivity index (χ3v) is 7.52. The maximum Gasteiger partial charge on any atom is 0.260 e. The molecule has 0 unspecified atom stereocenters. The molecule has 1 amide bonds. The molecule has 1 aliphatic rings. The van der Waals surface area contributed by atoms with Crippen molar-refractivity contribution in [3.63, 3.8) is 0 Å². The van der Waals surface area contributed by atoms with Crippen molar-refractivity contribution < 1.29 is 27.2 Å². The van der Waals surface area contributed by atoms with E-state index in [1.165, 1.54) is 22.5 Å². The van der Waals surface area contributed by atoms with Crippen molar-refractivity contribution in [2.45, 2.75) is 12.5 Å². The number of carbonyl (C=O) groups is 2. The predicted octanol–water partition coefficient (Wildman–Crippen LogP) is 2.75. The lowest BCUT2D eigenvalue weighted by Crippen LogP contribution is -2.40. The van der Waals surface area contributed by atoms with Gasteiger partial charge in [0.25, 0.3) is 5.91 Å². The number of nitrogens with zero attached hydrogens (tertiary/aromatic N) is 1. The summed E-state index contributed by atoms with van der Waals surface area (Å²) in [6, 6.07) is 6.46. The van der Waals surface area contributed by atoms with Gasteiger partial charge >= 0.3 is 0 Å². The zero-order chi connectivity index (χ0) is 20.6. The molecule has 7 nitrogen and oxygen atoms in total. The molecule has 9 heteroatoms. The third-order valence-electron chi connectivity index (χ3n) is 5.08. The Hall–Kier alpha value is -2.65. The molecule has 1 aromatic carbocycles. The Labute approximate surface area is 171 Å². The van der Waals surface area contributed by atoms with Crippen LogP contribution in [0.2, 0.25) is 0 Å². The summed E-state index contributed by atoms with van der Waals surface area (Å²) in [4.78, 5) is 26.5. The number of hydrogen-bond acceptors (Lipinski definition) is 7. The van der Waals surface area contributed by atoms with Gasteiger partial charge in [-0.15, -0.1) is 0 Å². The number of benzene rings is 1. The summed E-state index contributed by atoms with van der Waals surface area (Å²) < 4.78 is 34.3. The molecule has 0 spiro atoms. The minimum atomic E-state index is -3.07. The number of rotatable bonds is 6. The summed E-state index contributed by atoms with van der Waals surface area (Å²) in [7, 11) is -1.48. The molecular weight excluding hydrogens is 414 g/mol. The Morgan fingerprint density at radius 1 is 1.31 bits per heavy atom. The summed E-state index contributed by atoms with van der Waals surface area (Å²) >= 11 is 1.44. The lowest BCUT2D eigenvalue weighted by molar-refractivity contribution is -0.133. The second-order valence-electron chi connectivity index (χ2n) is 7.00. The van der Waals surface area contributed by atoms with Gasteiger partial charge in [-0.1, -0.05) is 0 Å². The molecule has 3 aromatic rings. The van der Waals surface area contributed by atoms with Crippen molar-refractivity contribution in [1.82, 2.24) is 4.90 Å². The normalized spacial score (nSPS) is 18.0. The van der Waals surface area contributed by atoms with Crippen LogP contribution in [-0.4, -0.2) is 56.2 Å². The SMILES string of the molecule is CN(C(=O)COc1ccc2occ(C(=O)c3ccsc3)c2c1)[C@@H]1CCS(=O)(=O)C1. The third kappa shape index (κ3) is 4.06. The van der Waals surface area contributed by atoms with E-state index in [-0.39, 0.29) is 35.8 Å². The van der Waals surface area contributed by atoms with Crippen LogP contribution in [0.4, 0.5) is 0 Å². The molecule has 1 saturated heterocycles. The number of sulfone groups is 1. The zero-order valence-corrected chi connectivity index (χ0v) is 17.3. The van der Waals surface area contributed by atoms with Gasteiger partial charge in [0.05, 0.1) is 17.1 Å². The van der Waals surface area contributed by atoms with Crippen LogP contribution in [0, 0.1) is 0 Å². The van der Waals surface area contributed by atoms with E-state index in [0.29, 0.717) is 34.3 Å². The van der Waals surface area contributed by atoms with Crippen molar-refractivity contribution in [3.8, 4) is 5.75 Å². The zero-order valence-electron chi connectivity index (χ0n) is 15.7. The Bertz CT molecular complexity index is 1160. The number of hydrogen-bond donors (Lipinski definition) is 0. The Morgan fingerprint density at radius 2 is 2.14 bits per heavy atom. The molecule has 1 atom stereocenters. The molecule has 1 fully saturated rings. The fourth-order valence-electron chi connectivity index (χ4n) is 3.35. The van der Waals surface area contributed by atoms with E-state index < -0.39 is 9.84 Å². The average Bonchev–Trinajstić information content (AvgIpc) is 3.44. The summed E-state index contributed by atoms with van der Waals surface area (Å²) in [6.07, 6.45) is 1.87. The summed E-state index contributed by atoms with van der Waals surface area (Å²) in [5.41, 5.74) is 1.58. The Kier molecular flexibility index (Phi) is 5.18. The Morgan fingerprint density at radius 3 is 2.83 bits per heavy atom. The summed E-state index contributed by atoms with van der Waals surface area (Å²) in [5.74, 6) is 0.0897. The van der Waals surface area contributed by atoms with E-state index in [1.807, 2.05) is 5.38 Å². The number of ether oxygens (including phenoxy) is 1. The highest BCUT2D eigenvalue weighted by atomic mass is 32.2. The van der Waals surface area contributed by atoms with E-state index in [4.69, 9.17) is 9.15 Å². The molecule has 2 aromatic heterocycles. The van der Waals surface area contributed by atoms with Crippen LogP contribution >= 0.6 is 11.3 Å². The maximum atomic E-state index is 12.6. The summed E-state index contributed by atoms with van der Waals surface area (Å²) in [6.45, 7) is -0.218. The molecule has 0 N–H and O–H groups in total. The highest BCUT2D eigenvalue weighted by Crippen LogP contribution is 2.28. The van der Waals surface area contributed by atoms with E-state index in [9.17, 15) is 18.0 Å². The van der Waals surface area contributed by atoms with E-state index in [1.54, 1.807) is 36.7 Å². The van der Waals surface area contributed by atoms with Crippen molar-refractivity contribution in [3.05, 3.63) is 52.4 Å². The first-order valence-electron chi connectivity index (χ1n) is 9.01. The minimum absolute atomic E-state index is 0.00965. The average molecular weight is 434 g/mol. The molecule has 0 bridgehead atoms. The van der Waals surface area contributed by atoms with Crippen LogP contribution in [0.1, 0.15) is 22.3 Å². The van der Waals surface area contributed by atoms with Gasteiger partial charge in [-0.3, -0.25) is 9.59 Å². The number of thiophene rings is 1. The predicted molar refractivity (Wildman–Crippen MR) is 109 cm³/mol. The topological polar surface area (TPSA) is 93.9 Å². The molecule has 1 aliphatic heterocycles. The van der Waals surface area contributed by atoms with Crippen molar-refractivity contribution >= 4 is 43.8 Å². The summed E-state index contributed by atoms with van der Waals surface area (Å²) in [5, 5.41) is 4.22. The first-order valence-corrected chi connectivity index (χ1v) is 11.8. The van der Waals surface area contributed by atoms with Crippen molar-refractivity contribution in [2.24, 2.45) is 0 Å². The molecule has 3 heterocycles. The second-order valence-corrected chi connectivity index (χ2v) is 10.0. The van der Waals surface area contributed by atoms with Gasteiger partial charge in [-0.2, -0.15) is 11.3 Å². The quantitative estimate of drug-likeness (QED) is 0.555. The lowest BCUT2D eigenvalue weighted by atomic mass is 10.1. The standard InChI is InChI=1S/C20H19NO6S2/c1-21(14-5-7-29(24,25)12-14)19(22)10-26-15-2-3-18-16(8-15)17(9-27-18)20(23)13-4-6-28-11-13/h2-4,6,8-9,11,14H,5,7,10,12H2,1H3/t14-/m1/s1. The monoisotopic (exact) mass is 433 g/mol. The number of amides is 1. The molecule has 0 radical (unpaired) electrons. The molecule has 0 aliphatic carbocycles. The second kappa shape index (κ2) is 7.64. The number of fused-ring (bicyclic) bond motifs is 1. The first kappa shape index (κ1) is 19.7. The largest absolute Gasteiger partial charge is 0.484 e. The first-order chi connectivity index (χ1) is 13.8. The lowest BCUT2D eigenvalue weighted by Gasteiger charge is -2.23.